The summed E-state index contributed by atoms with van der Waals surface area (Å²) in [6, 6.07) is 9.86. The molecule has 3 rings (SSSR count). The van der Waals surface area contributed by atoms with E-state index in [0.717, 1.165) is 12.1 Å². The summed E-state index contributed by atoms with van der Waals surface area (Å²) in [4.78, 5) is 23.9. The molecular formula is C16H12F2N2O3. The van der Waals surface area contributed by atoms with E-state index in [-0.39, 0.29) is 12.1 Å². The van der Waals surface area contributed by atoms with Gasteiger partial charge in [0.2, 0.25) is 5.91 Å². The second-order valence-electron chi connectivity index (χ2n) is 4.97. The van der Waals surface area contributed by atoms with Crippen LogP contribution in [0.15, 0.2) is 42.5 Å². The maximum absolute atomic E-state index is 13.1. The van der Waals surface area contributed by atoms with Gasteiger partial charge in [-0.1, -0.05) is 12.1 Å². The number of halogens is 2. The molecule has 7 heteroatoms. The van der Waals surface area contributed by atoms with Gasteiger partial charge in [0.15, 0.2) is 17.7 Å². The van der Waals surface area contributed by atoms with Gasteiger partial charge in [-0.25, -0.2) is 8.78 Å². The third-order valence-electron chi connectivity index (χ3n) is 3.28. The molecule has 1 atom stereocenters. The first-order valence-corrected chi connectivity index (χ1v) is 6.84. The van der Waals surface area contributed by atoms with Crippen LogP contribution in [0.4, 0.5) is 20.2 Å². The van der Waals surface area contributed by atoms with Gasteiger partial charge < -0.3 is 15.4 Å². The van der Waals surface area contributed by atoms with Crippen molar-refractivity contribution >= 4 is 23.2 Å². The van der Waals surface area contributed by atoms with Gasteiger partial charge in [0, 0.05) is 11.8 Å². The van der Waals surface area contributed by atoms with Gasteiger partial charge >= 0.3 is 0 Å². The van der Waals surface area contributed by atoms with Gasteiger partial charge in [-0.15, -0.1) is 0 Å². The van der Waals surface area contributed by atoms with Crippen LogP contribution in [0.2, 0.25) is 0 Å². The van der Waals surface area contributed by atoms with Crippen LogP contribution in [0.25, 0.3) is 0 Å². The molecule has 0 aliphatic carbocycles. The average Bonchev–Trinajstić information content (AvgIpc) is 2.51. The molecule has 2 aromatic rings. The highest BCUT2D eigenvalue weighted by Gasteiger charge is 2.29. The Labute approximate surface area is 130 Å². The number of carbonyl (C=O) groups is 2. The predicted molar refractivity (Wildman–Crippen MR) is 79.1 cm³/mol. The molecule has 1 aliphatic heterocycles. The van der Waals surface area contributed by atoms with E-state index in [1.807, 2.05) is 0 Å². The fraction of sp³-hybridized carbons (Fsp3) is 0.125. The van der Waals surface area contributed by atoms with Gasteiger partial charge in [-0.05, 0) is 24.3 Å². The van der Waals surface area contributed by atoms with E-state index in [0.29, 0.717) is 11.4 Å². The molecule has 1 heterocycles. The fourth-order valence-corrected chi connectivity index (χ4v) is 2.18. The van der Waals surface area contributed by atoms with Crippen molar-refractivity contribution in [3.63, 3.8) is 0 Å². The molecule has 0 radical (unpaired) electrons. The van der Waals surface area contributed by atoms with Crippen LogP contribution in [0.1, 0.15) is 6.42 Å². The van der Waals surface area contributed by atoms with E-state index < -0.39 is 29.6 Å². The second kappa shape index (κ2) is 6.04. The van der Waals surface area contributed by atoms with E-state index in [1.165, 1.54) is 6.07 Å². The number of fused-ring (bicyclic) bond motifs is 1. The number of hydrogen-bond acceptors (Lipinski definition) is 3. The minimum atomic E-state index is -1.07. The first-order valence-electron chi connectivity index (χ1n) is 6.84. The van der Waals surface area contributed by atoms with Crippen molar-refractivity contribution in [2.45, 2.75) is 12.5 Å². The molecule has 0 bridgehead atoms. The van der Waals surface area contributed by atoms with E-state index in [9.17, 15) is 18.4 Å². The minimum Gasteiger partial charge on any atom is -0.478 e. The Morgan fingerprint density at radius 1 is 1.17 bits per heavy atom. The zero-order valence-corrected chi connectivity index (χ0v) is 11.8. The van der Waals surface area contributed by atoms with Crippen LogP contribution in [0.3, 0.4) is 0 Å². The maximum atomic E-state index is 13.1. The molecule has 2 aromatic carbocycles. The molecular weight excluding hydrogens is 306 g/mol. The number of amides is 2. The Balaban J connectivity index is 1.66. The van der Waals surface area contributed by atoms with Crippen LogP contribution in [-0.4, -0.2) is 17.9 Å². The van der Waals surface area contributed by atoms with Crippen LogP contribution in [0.5, 0.6) is 5.75 Å². The summed E-state index contributed by atoms with van der Waals surface area (Å²) in [6.45, 7) is 0. The molecule has 5 nitrogen and oxygen atoms in total. The lowest BCUT2D eigenvalue weighted by atomic mass is 10.1. The Kier molecular flexibility index (Phi) is 3.92. The number of carbonyl (C=O) groups excluding carboxylic acids is 2. The molecule has 0 saturated heterocycles. The summed E-state index contributed by atoms with van der Waals surface area (Å²) < 4.78 is 31.4. The second-order valence-corrected chi connectivity index (χ2v) is 4.97. The lowest BCUT2D eigenvalue weighted by Crippen LogP contribution is -2.39. The molecule has 0 fully saturated rings. The number of hydrogen-bond donors (Lipinski definition) is 2. The smallest absolute Gasteiger partial charge is 0.266 e. The van der Waals surface area contributed by atoms with E-state index >= 15 is 0 Å². The predicted octanol–water partition coefficient (Wildman–Crippen LogP) is 2.69. The highest BCUT2D eigenvalue weighted by atomic mass is 19.2. The third-order valence-corrected chi connectivity index (χ3v) is 3.28. The van der Waals surface area contributed by atoms with Crippen molar-refractivity contribution < 1.29 is 23.1 Å². The van der Waals surface area contributed by atoms with E-state index in [4.69, 9.17) is 4.74 Å². The molecule has 2 N–H and O–H groups in total. The summed E-state index contributed by atoms with van der Waals surface area (Å²) in [5.74, 6) is -2.59. The Morgan fingerprint density at radius 3 is 2.74 bits per heavy atom. The first-order chi connectivity index (χ1) is 11.0. The molecule has 2 amide bonds. The highest BCUT2D eigenvalue weighted by Crippen LogP contribution is 2.29. The SMILES string of the molecule is O=C(C[C@H]1Oc2ccccc2NC1=O)Nc1ccc(F)c(F)c1. The zero-order chi connectivity index (χ0) is 16.4. The topological polar surface area (TPSA) is 67.4 Å². The normalized spacial score (nSPS) is 16.1. The Hall–Kier alpha value is -2.96. The summed E-state index contributed by atoms with van der Waals surface area (Å²) in [6.07, 6.45) is -1.24. The van der Waals surface area contributed by atoms with Crippen molar-refractivity contribution in [1.29, 1.82) is 0 Å². The van der Waals surface area contributed by atoms with Crippen LogP contribution < -0.4 is 15.4 Å². The lowest BCUT2D eigenvalue weighted by molar-refractivity contribution is -0.128. The molecule has 118 valence electrons. The van der Waals surface area contributed by atoms with Crippen molar-refractivity contribution in [3.05, 3.63) is 54.1 Å². The maximum Gasteiger partial charge on any atom is 0.266 e. The lowest BCUT2D eigenvalue weighted by Gasteiger charge is -2.25. The number of benzene rings is 2. The average molecular weight is 318 g/mol. The summed E-state index contributed by atoms with van der Waals surface area (Å²) in [5.41, 5.74) is 0.639. The van der Waals surface area contributed by atoms with Crippen molar-refractivity contribution in [1.82, 2.24) is 0 Å². The number of ether oxygens (including phenoxy) is 1. The quantitative estimate of drug-likeness (QED) is 0.914. The molecule has 0 saturated carbocycles. The van der Waals surface area contributed by atoms with Gasteiger partial charge in [-0.2, -0.15) is 0 Å². The molecule has 23 heavy (non-hydrogen) atoms. The summed E-state index contributed by atoms with van der Waals surface area (Å²) in [5, 5.41) is 5.04. The van der Waals surface area contributed by atoms with Crippen molar-refractivity contribution in [2.24, 2.45) is 0 Å². The number of nitrogens with one attached hydrogen (secondary N) is 2. The molecule has 0 unspecified atom stereocenters. The summed E-state index contributed by atoms with van der Waals surface area (Å²) >= 11 is 0. The van der Waals surface area contributed by atoms with Crippen LogP contribution in [-0.2, 0) is 9.59 Å². The van der Waals surface area contributed by atoms with Gasteiger partial charge in [0.25, 0.3) is 5.91 Å². The standard InChI is InChI=1S/C16H12F2N2O3/c17-10-6-5-9(7-11(10)18)19-15(21)8-14-16(22)20-12-3-1-2-4-13(12)23-14/h1-7,14H,8H2,(H,19,21)(H,20,22)/t14-/m1/s1. The van der Waals surface area contributed by atoms with E-state index in [2.05, 4.69) is 10.6 Å². The fourth-order valence-electron chi connectivity index (χ4n) is 2.18. The van der Waals surface area contributed by atoms with Crippen LogP contribution >= 0.6 is 0 Å². The third kappa shape index (κ3) is 3.28. The zero-order valence-electron chi connectivity index (χ0n) is 11.8. The summed E-state index contributed by atoms with van der Waals surface area (Å²) in [7, 11) is 0. The highest BCUT2D eigenvalue weighted by molar-refractivity contribution is 6.01. The van der Waals surface area contributed by atoms with Crippen molar-refractivity contribution in [3.8, 4) is 5.75 Å². The largest absolute Gasteiger partial charge is 0.478 e. The number of para-hydroxylation sites is 2. The van der Waals surface area contributed by atoms with Crippen LogP contribution in [0, 0.1) is 11.6 Å². The molecule has 1 aliphatic rings. The van der Waals surface area contributed by atoms with Gasteiger partial charge in [0.05, 0.1) is 12.1 Å². The number of anilines is 2. The van der Waals surface area contributed by atoms with Crippen molar-refractivity contribution in [2.75, 3.05) is 10.6 Å². The minimum absolute atomic E-state index is 0.102. The van der Waals surface area contributed by atoms with Gasteiger partial charge in [0.1, 0.15) is 5.75 Å². The Morgan fingerprint density at radius 2 is 1.96 bits per heavy atom. The molecule has 0 spiro atoms. The van der Waals surface area contributed by atoms with E-state index in [1.54, 1.807) is 24.3 Å². The Bertz CT molecular complexity index is 780. The monoisotopic (exact) mass is 318 g/mol. The number of rotatable bonds is 3. The van der Waals surface area contributed by atoms with Gasteiger partial charge in [-0.3, -0.25) is 9.59 Å². The molecule has 0 aromatic heterocycles. The first kappa shape index (κ1) is 15.0.